The summed E-state index contributed by atoms with van der Waals surface area (Å²) in [6.45, 7) is 5.61. The first-order chi connectivity index (χ1) is 12.4. The minimum atomic E-state index is -0.328. The highest BCUT2D eigenvalue weighted by atomic mass is 16.5. The molecule has 6 heteroatoms. The number of hydrazone groups is 1. The molecule has 0 radical (unpaired) electrons. The Bertz CT molecular complexity index is 815. The largest absolute Gasteiger partial charge is 0.493 e. The van der Waals surface area contributed by atoms with Gasteiger partial charge in [0.2, 0.25) is 0 Å². The highest BCUT2D eigenvalue weighted by Crippen LogP contribution is 2.27. The number of rotatable bonds is 7. The SMILES string of the molecule is COc1ccc(/C(C)=N\NC(=O)COc2cc(C)ccc2C)cc1OC. The number of carbonyl (C=O) groups excluding carboxylic acids is 1. The van der Waals surface area contributed by atoms with Crippen molar-refractivity contribution in [3.8, 4) is 17.2 Å². The lowest BCUT2D eigenvalue weighted by atomic mass is 10.1. The zero-order valence-electron chi connectivity index (χ0n) is 15.8. The standard InChI is InChI=1S/C20H24N2O4/c1-13-6-7-14(2)18(10-13)26-12-20(23)22-21-15(3)16-8-9-17(24-4)19(11-16)25-5/h6-11H,12H2,1-5H3,(H,22,23)/b21-15-. The fraction of sp³-hybridized carbons (Fsp3) is 0.300. The van der Waals surface area contributed by atoms with Gasteiger partial charge in [0.05, 0.1) is 19.9 Å². The molecule has 2 aromatic carbocycles. The van der Waals surface area contributed by atoms with Crippen molar-refractivity contribution in [3.05, 3.63) is 53.1 Å². The molecule has 0 aliphatic heterocycles. The van der Waals surface area contributed by atoms with E-state index in [0.717, 1.165) is 16.7 Å². The molecule has 0 bridgehead atoms. The van der Waals surface area contributed by atoms with Gasteiger partial charge >= 0.3 is 0 Å². The molecule has 6 nitrogen and oxygen atoms in total. The molecule has 0 aliphatic rings. The summed E-state index contributed by atoms with van der Waals surface area (Å²) in [7, 11) is 3.15. The molecule has 2 aromatic rings. The highest BCUT2D eigenvalue weighted by Gasteiger charge is 2.08. The summed E-state index contributed by atoms with van der Waals surface area (Å²) in [5, 5.41) is 4.12. The Morgan fingerprint density at radius 2 is 1.73 bits per heavy atom. The predicted molar refractivity (Wildman–Crippen MR) is 101 cm³/mol. The Labute approximate surface area is 153 Å². The van der Waals surface area contributed by atoms with Crippen molar-refractivity contribution in [2.75, 3.05) is 20.8 Å². The van der Waals surface area contributed by atoms with Gasteiger partial charge in [-0.1, -0.05) is 12.1 Å². The maximum absolute atomic E-state index is 12.0. The van der Waals surface area contributed by atoms with Gasteiger partial charge in [-0.3, -0.25) is 4.79 Å². The number of carbonyl (C=O) groups is 1. The lowest BCUT2D eigenvalue weighted by Gasteiger charge is -2.10. The molecule has 0 saturated heterocycles. The maximum atomic E-state index is 12.0. The molecule has 0 spiro atoms. The average molecular weight is 356 g/mol. The van der Waals surface area contributed by atoms with E-state index in [9.17, 15) is 4.79 Å². The molecule has 0 fully saturated rings. The number of nitrogens with zero attached hydrogens (tertiary/aromatic N) is 1. The van der Waals surface area contributed by atoms with Gasteiger partial charge in [0, 0.05) is 5.56 Å². The van der Waals surface area contributed by atoms with Crippen molar-refractivity contribution >= 4 is 11.6 Å². The third-order valence-electron chi connectivity index (χ3n) is 3.85. The van der Waals surface area contributed by atoms with Crippen LogP contribution < -0.4 is 19.6 Å². The van der Waals surface area contributed by atoms with Crippen LogP contribution in [0.3, 0.4) is 0 Å². The second kappa shape index (κ2) is 8.89. The first-order valence-corrected chi connectivity index (χ1v) is 8.20. The first-order valence-electron chi connectivity index (χ1n) is 8.20. The molecule has 2 rings (SSSR count). The third-order valence-corrected chi connectivity index (χ3v) is 3.85. The highest BCUT2D eigenvalue weighted by molar-refractivity contribution is 5.99. The van der Waals surface area contributed by atoms with E-state index < -0.39 is 0 Å². The Balaban J connectivity index is 1.97. The smallest absolute Gasteiger partial charge is 0.277 e. The number of hydrogen-bond acceptors (Lipinski definition) is 5. The molecule has 0 unspecified atom stereocenters. The van der Waals surface area contributed by atoms with Crippen molar-refractivity contribution in [2.24, 2.45) is 5.10 Å². The van der Waals surface area contributed by atoms with Crippen molar-refractivity contribution in [1.82, 2.24) is 5.43 Å². The van der Waals surface area contributed by atoms with E-state index in [2.05, 4.69) is 10.5 Å². The number of hydrogen-bond donors (Lipinski definition) is 1. The third kappa shape index (κ3) is 4.99. The summed E-state index contributed by atoms with van der Waals surface area (Å²) in [4.78, 5) is 12.0. The number of nitrogens with one attached hydrogen (secondary N) is 1. The minimum absolute atomic E-state index is 0.104. The van der Waals surface area contributed by atoms with Crippen LogP contribution in [0.4, 0.5) is 0 Å². The molecule has 1 N–H and O–H groups in total. The van der Waals surface area contributed by atoms with Gasteiger partial charge in [0.15, 0.2) is 18.1 Å². The second-order valence-electron chi connectivity index (χ2n) is 5.86. The van der Waals surface area contributed by atoms with E-state index in [0.29, 0.717) is 23.0 Å². The predicted octanol–water partition coefficient (Wildman–Crippen LogP) is 3.24. The molecule has 26 heavy (non-hydrogen) atoms. The summed E-state index contributed by atoms with van der Waals surface area (Å²) in [6, 6.07) is 11.3. The van der Waals surface area contributed by atoms with Crippen LogP contribution in [0.25, 0.3) is 0 Å². The van der Waals surface area contributed by atoms with Crippen LogP contribution in [0.2, 0.25) is 0 Å². The number of benzene rings is 2. The fourth-order valence-corrected chi connectivity index (χ4v) is 2.31. The number of aryl methyl sites for hydroxylation is 2. The van der Waals surface area contributed by atoms with E-state index >= 15 is 0 Å². The van der Waals surface area contributed by atoms with Crippen molar-refractivity contribution in [1.29, 1.82) is 0 Å². The zero-order valence-corrected chi connectivity index (χ0v) is 15.8. The van der Waals surface area contributed by atoms with Crippen molar-refractivity contribution < 1.29 is 19.0 Å². The van der Waals surface area contributed by atoms with Gasteiger partial charge in [-0.05, 0) is 56.2 Å². The molecule has 0 atom stereocenters. The molecule has 0 saturated carbocycles. The van der Waals surface area contributed by atoms with Crippen molar-refractivity contribution in [3.63, 3.8) is 0 Å². The molecule has 138 valence electrons. The quantitative estimate of drug-likeness (QED) is 0.611. The van der Waals surface area contributed by atoms with Gasteiger partial charge in [-0.2, -0.15) is 5.10 Å². The van der Waals surface area contributed by atoms with Crippen LogP contribution in [-0.2, 0) is 4.79 Å². The van der Waals surface area contributed by atoms with E-state index in [4.69, 9.17) is 14.2 Å². The van der Waals surface area contributed by atoms with Gasteiger partial charge < -0.3 is 14.2 Å². The van der Waals surface area contributed by atoms with Gasteiger partial charge in [-0.25, -0.2) is 5.43 Å². The van der Waals surface area contributed by atoms with Gasteiger partial charge in [-0.15, -0.1) is 0 Å². The Morgan fingerprint density at radius 1 is 1.00 bits per heavy atom. The number of methoxy groups -OCH3 is 2. The Hall–Kier alpha value is -3.02. The van der Waals surface area contributed by atoms with Gasteiger partial charge in [0.1, 0.15) is 5.75 Å². The Morgan fingerprint density at radius 3 is 2.42 bits per heavy atom. The van der Waals surface area contributed by atoms with Crippen LogP contribution in [0.5, 0.6) is 17.2 Å². The summed E-state index contributed by atoms with van der Waals surface area (Å²) >= 11 is 0. The molecule has 1 amide bonds. The lowest BCUT2D eigenvalue weighted by Crippen LogP contribution is -2.25. The summed E-state index contributed by atoms with van der Waals surface area (Å²) in [5.74, 6) is 1.60. The summed E-state index contributed by atoms with van der Waals surface area (Å²) < 4.78 is 16.1. The van der Waals surface area contributed by atoms with Crippen LogP contribution in [0.1, 0.15) is 23.6 Å². The normalized spacial score (nSPS) is 11.0. The zero-order chi connectivity index (χ0) is 19.1. The van der Waals surface area contributed by atoms with E-state index in [1.165, 1.54) is 0 Å². The lowest BCUT2D eigenvalue weighted by molar-refractivity contribution is -0.123. The van der Waals surface area contributed by atoms with Crippen LogP contribution >= 0.6 is 0 Å². The van der Waals surface area contributed by atoms with Crippen molar-refractivity contribution in [2.45, 2.75) is 20.8 Å². The minimum Gasteiger partial charge on any atom is -0.493 e. The fourth-order valence-electron chi connectivity index (χ4n) is 2.31. The second-order valence-corrected chi connectivity index (χ2v) is 5.86. The van der Waals surface area contributed by atoms with E-state index in [1.807, 2.05) is 38.1 Å². The molecule has 0 aliphatic carbocycles. The van der Waals surface area contributed by atoms with Crippen LogP contribution in [0.15, 0.2) is 41.5 Å². The topological polar surface area (TPSA) is 69.2 Å². The maximum Gasteiger partial charge on any atom is 0.277 e. The summed E-state index contributed by atoms with van der Waals surface area (Å²) in [6.07, 6.45) is 0. The molecular weight excluding hydrogens is 332 g/mol. The monoisotopic (exact) mass is 356 g/mol. The number of amides is 1. The van der Waals surface area contributed by atoms with Crippen LogP contribution in [0, 0.1) is 13.8 Å². The first kappa shape index (κ1) is 19.3. The summed E-state index contributed by atoms with van der Waals surface area (Å²) in [5.41, 5.74) is 6.02. The average Bonchev–Trinajstić information content (AvgIpc) is 2.66. The molecular formula is C20H24N2O4. The molecule has 0 aromatic heterocycles. The van der Waals surface area contributed by atoms with Crippen LogP contribution in [-0.4, -0.2) is 32.4 Å². The Kier molecular flexibility index (Phi) is 6.60. The van der Waals surface area contributed by atoms with E-state index in [-0.39, 0.29) is 12.5 Å². The number of ether oxygens (including phenoxy) is 3. The van der Waals surface area contributed by atoms with E-state index in [1.54, 1.807) is 33.3 Å². The van der Waals surface area contributed by atoms with Gasteiger partial charge in [0.25, 0.3) is 5.91 Å². The molecule has 0 heterocycles.